The Morgan fingerprint density at radius 2 is 1.74 bits per heavy atom. The van der Waals surface area contributed by atoms with Crippen molar-refractivity contribution in [1.82, 2.24) is 20.0 Å². The fourth-order valence-electron chi connectivity index (χ4n) is 5.12. The van der Waals surface area contributed by atoms with E-state index in [-0.39, 0.29) is 37.1 Å². The number of ether oxygens (including phenoxy) is 2. The standard InChI is InChI=1S/C27H34N4O4/c1-27(2,33)26-16-31(30-29-26)22-15-25-24(10-8-21(17-32)34-25)35-23(22)9-5-18-3-6-19(7-4-18)20-11-13-28-14-12-20/h3-4,6-7,11-14,16,21-25,32-33H,5,8-10,15,17H2,1-2H3/t21-,22-,23+,24-,25-/m0/s1. The van der Waals surface area contributed by atoms with Gasteiger partial charge in [0, 0.05) is 18.8 Å². The van der Waals surface area contributed by atoms with E-state index in [2.05, 4.69) is 39.6 Å². The van der Waals surface area contributed by atoms with Crippen LogP contribution in [0, 0.1) is 0 Å². The molecule has 0 spiro atoms. The molecule has 0 saturated carbocycles. The summed E-state index contributed by atoms with van der Waals surface area (Å²) in [7, 11) is 0. The molecule has 0 unspecified atom stereocenters. The average Bonchev–Trinajstić information content (AvgIpc) is 3.38. The number of aromatic nitrogens is 4. The zero-order valence-corrected chi connectivity index (χ0v) is 20.3. The first-order valence-corrected chi connectivity index (χ1v) is 12.5. The van der Waals surface area contributed by atoms with Crippen LogP contribution < -0.4 is 0 Å². The molecule has 2 aromatic heterocycles. The minimum Gasteiger partial charge on any atom is -0.394 e. The summed E-state index contributed by atoms with van der Waals surface area (Å²) in [6, 6.07) is 12.6. The third kappa shape index (κ3) is 5.46. The molecule has 186 valence electrons. The van der Waals surface area contributed by atoms with Gasteiger partial charge in [-0.25, -0.2) is 4.68 Å². The molecule has 0 aliphatic carbocycles. The van der Waals surface area contributed by atoms with Gasteiger partial charge in [0.25, 0.3) is 0 Å². The number of aliphatic hydroxyl groups is 2. The lowest BCUT2D eigenvalue weighted by Crippen LogP contribution is -2.51. The van der Waals surface area contributed by atoms with Crippen molar-refractivity contribution in [3.63, 3.8) is 0 Å². The SMILES string of the molecule is CC(C)(O)c1cn([C@H]2C[C@@H]3O[C@H](CO)CC[C@@H]3O[C@@H]2CCc2ccc(-c3ccncc3)cc2)nn1. The predicted molar refractivity (Wildman–Crippen MR) is 131 cm³/mol. The maximum atomic E-state index is 10.4. The first-order valence-electron chi connectivity index (χ1n) is 12.5. The first-order chi connectivity index (χ1) is 16.9. The first kappa shape index (κ1) is 24.1. The van der Waals surface area contributed by atoms with Gasteiger partial charge in [-0.15, -0.1) is 5.10 Å². The van der Waals surface area contributed by atoms with Gasteiger partial charge in [0.1, 0.15) is 11.3 Å². The van der Waals surface area contributed by atoms with Gasteiger partial charge in [0.15, 0.2) is 0 Å². The number of pyridine rings is 1. The van der Waals surface area contributed by atoms with Crippen molar-refractivity contribution in [2.24, 2.45) is 0 Å². The Labute approximate surface area is 205 Å². The summed E-state index contributed by atoms with van der Waals surface area (Å²) in [5.74, 6) is 0. The van der Waals surface area contributed by atoms with E-state index in [0.717, 1.165) is 37.7 Å². The van der Waals surface area contributed by atoms with Gasteiger partial charge in [-0.1, -0.05) is 29.5 Å². The lowest BCUT2D eigenvalue weighted by Gasteiger charge is -2.45. The van der Waals surface area contributed by atoms with Crippen LogP contribution in [-0.4, -0.2) is 61.2 Å². The summed E-state index contributed by atoms with van der Waals surface area (Å²) in [6.07, 6.45) is 9.31. The van der Waals surface area contributed by atoms with Crippen molar-refractivity contribution in [1.29, 1.82) is 0 Å². The van der Waals surface area contributed by atoms with Gasteiger partial charge in [-0.05, 0) is 68.4 Å². The lowest BCUT2D eigenvalue weighted by atomic mass is 9.88. The van der Waals surface area contributed by atoms with Crippen LogP contribution in [0.5, 0.6) is 0 Å². The topological polar surface area (TPSA) is 103 Å². The number of rotatable bonds is 7. The molecule has 2 saturated heterocycles. The van der Waals surface area contributed by atoms with Gasteiger partial charge < -0.3 is 19.7 Å². The maximum absolute atomic E-state index is 10.4. The van der Waals surface area contributed by atoms with Crippen LogP contribution in [0.1, 0.15) is 56.8 Å². The monoisotopic (exact) mass is 478 g/mol. The largest absolute Gasteiger partial charge is 0.394 e. The summed E-state index contributed by atoms with van der Waals surface area (Å²) in [5.41, 5.74) is 3.04. The van der Waals surface area contributed by atoms with Crippen molar-refractivity contribution in [3.8, 4) is 11.1 Å². The molecule has 2 aliphatic rings. The summed E-state index contributed by atoms with van der Waals surface area (Å²) in [6.45, 7) is 3.44. The third-order valence-corrected chi connectivity index (χ3v) is 7.17. The number of nitrogens with zero attached hydrogens (tertiary/aromatic N) is 4. The number of fused-ring (bicyclic) bond motifs is 1. The van der Waals surface area contributed by atoms with Crippen LogP contribution in [0.25, 0.3) is 11.1 Å². The Morgan fingerprint density at radius 3 is 2.43 bits per heavy atom. The Morgan fingerprint density at radius 1 is 1.00 bits per heavy atom. The number of aliphatic hydroxyl groups excluding tert-OH is 1. The van der Waals surface area contributed by atoms with Crippen LogP contribution >= 0.6 is 0 Å². The molecule has 5 atom stereocenters. The second kappa shape index (κ2) is 10.1. The molecular formula is C27H34N4O4. The molecule has 3 aromatic rings. The summed E-state index contributed by atoms with van der Waals surface area (Å²) in [4.78, 5) is 4.09. The van der Waals surface area contributed by atoms with E-state index in [1.807, 2.05) is 35.4 Å². The van der Waals surface area contributed by atoms with Gasteiger partial charge >= 0.3 is 0 Å². The van der Waals surface area contributed by atoms with Crippen LogP contribution in [0.2, 0.25) is 0 Å². The molecule has 5 rings (SSSR count). The van der Waals surface area contributed by atoms with Crippen molar-refractivity contribution in [3.05, 3.63) is 66.2 Å². The van der Waals surface area contributed by atoms with Crippen molar-refractivity contribution in [2.75, 3.05) is 6.61 Å². The molecular weight excluding hydrogens is 444 g/mol. The molecule has 4 heterocycles. The van der Waals surface area contributed by atoms with E-state index in [1.165, 1.54) is 11.1 Å². The van der Waals surface area contributed by atoms with Gasteiger partial charge in [-0.2, -0.15) is 0 Å². The molecule has 35 heavy (non-hydrogen) atoms. The van der Waals surface area contributed by atoms with Crippen LogP contribution in [0.15, 0.2) is 55.0 Å². The lowest BCUT2D eigenvalue weighted by molar-refractivity contribution is -0.209. The highest BCUT2D eigenvalue weighted by molar-refractivity contribution is 5.62. The van der Waals surface area contributed by atoms with Crippen molar-refractivity contribution >= 4 is 0 Å². The van der Waals surface area contributed by atoms with E-state index < -0.39 is 5.60 Å². The fraction of sp³-hybridized carbons (Fsp3) is 0.519. The van der Waals surface area contributed by atoms with E-state index >= 15 is 0 Å². The second-order valence-corrected chi connectivity index (χ2v) is 10.2. The second-order valence-electron chi connectivity index (χ2n) is 10.2. The summed E-state index contributed by atoms with van der Waals surface area (Å²) < 4.78 is 14.6. The van der Waals surface area contributed by atoms with Gasteiger partial charge in [0.05, 0.1) is 43.3 Å². The maximum Gasteiger partial charge on any atom is 0.114 e. The number of benzene rings is 1. The van der Waals surface area contributed by atoms with Gasteiger partial charge in [0.2, 0.25) is 0 Å². The molecule has 8 heteroatoms. The van der Waals surface area contributed by atoms with Crippen LogP contribution in [0.3, 0.4) is 0 Å². The molecule has 0 radical (unpaired) electrons. The average molecular weight is 479 g/mol. The van der Waals surface area contributed by atoms with E-state index in [9.17, 15) is 10.2 Å². The highest BCUT2D eigenvalue weighted by Gasteiger charge is 2.43. The number of hydrogen-bond donors (Lipinski definition) is 2. The molecule has 1 aromatic carbocycles. The Kier molecular flexibility index (Phi) is 6.98. The van der Waals surface area contributed by atoms with Gasteiger partial charge in [-0.3, -0.25) is 4.98 Å². The van der Waals surface area contributed by atoms with Crippen LogP contribution in [0.4, 0.5) is 0 Å². The number of aryl methyl sites for hydroxylation is 1. The predicted octanol–water partition coefficient (Wildman–Crippen LogP) is 3.44. The van der Waals surface area contributed by atoms with E-state index in [1.54, 1.807) is 13.8 Å². The highest BCUT2D eigenvalue weighted by Crippen LogP contribution is 2.38. The molecule has 2 N–H and O–H groups in total. The molecule has 2 fully saturated rings. The third-order valence-electron chi connectivity index (χ3n) is 7.17. The van der Waals surface area contributed by atoms with Crippen molar-refractivity contribution in [2.45, 2.75) is 82.0 Å². The Balaban J connectivity index is 1.32. The highest BCUT2D eigenvalue weighted by atomic mass is 16.6. The van der Waals surface area contributed by atoms with E-state index in [4.69, 9.17) is 9.47 Å². The minimum atomic E-state index is -1.06. The van der Waals surface area contributed by atoms with Crippen LogP contribution in [-0.2, 0) is 21.5 Å². The smallest absolute Gasteiger partial charge is 0.114 e. The minimum absolute atomic E-state index is 0.0189. The zero-order valence-electron chi connectivity index (χ0n) is 20.3. The molecule has 0 bridgehead atoms. The van der Waals surface area contributed by atoms with E-state index in [0.29, 0.717) is 5.69 Å². The number of hydrogen-bond acceptors (Lipinski definition) is 7. The molecule has 2 aliphatic heterocycles. The zero-order chi connectivity index (χ0) is 24.4. The summed E-state index contributed by atoms with van der Waals surface area (Å²) in [5, 5.41) is 28.5. The Bertz CT molecular complexity index is 1100. The fourth-order valence-corrected chi connectivity index (χ4v) is 5.12. The quantitative estimate of drug-likeness (QED) is 0.536. The molecule has 8 nitrogen and oxygen atoms in total. The summed E-state index contributed by atoms with van der Waals surface area (Å²) >= 11 is 0. The van der Waals surface area contributed by atoms with Crippen molar-refractivity contribution < 1.29 is 19.7 Å². The Hall–Kier alpha value is -2.65. The molecule has 0 amide bonds. The normalized spacial score (nSPS) is 26.9.